The highest BCUT2D eigenvalue weighted by Crippen LogP contribution is 2.17. The molecule has 0 heterocycles. The van der Waals surface area contributed by atoms with Crippen LogP contribution in [0.3, 0.4) is 0 Å². The standard InChI is InChI=1S/C16H10BrFN2O/c17-13-4-2-6-15(9-13)20-16(21)12(10-19)7-11-3-1-5-14(18)8-11/h1-9H,(H,20,21)/b12-7-. The van der Waals surface area contributed by atoms with E-state index in [2.05, 4.69) is 21.2 Å². The molecule has 104 valence electrons. The SMILES string of the molecule is N#C/C(=C/c1cccc(F)c1)C(=O)Nc1cccc(Br)c1. The van der Waals surface area contributed by atoms with E-state index in [9.17, 15) is 9.18 Å². The molecule has 0 aliphatic rings. The zero-order valence-corrected chi connectivity index (χ0v) is 12.4. The summed E-state index contributed by atoms with van der Waals surface area (Å²) in [5, 5.41) is 11.7. The highest BCUT2D eigenvalue weighted by Gasteiger charge is 2.09. The first-order valence-electron chi connectivity index (χ1n) is 6.03. The lowest BCUT2D eigenvalue weighted by Crippen LogP contribution is -2.13. The van der Waals surface area contributed by atoms with Crippen molar-refractivity contribution < 1.29 is 9.18 Å². The third kappa shape index (κ3) is 4.26. The van der Waals surface area contributed by atoms with Crippen molar-refractivity contribution in [2.45, 2.75) is 0 Å². The lowest BCUT2D eigenvalue weighted by molar-refractivity contribution is -0.112. The predicted octanol–water partition coefficient (Wildman–Crippen LogP) is 4.13. The minimum absolute atomic E-state index is 0.0967. The van der Waals surface area contributed by atoms with E-state index in [-0.39, 0.29) is 5.57 Å². The molecule has 5 heteroatoms. The molecule has 0 saturated heterocycles. The molecule has 2 aromatic rings. The van der Waals surface area contributed by atoms with Gasteiger partial charge >= 0.3 is 0 Å². The van der Waals surface area contributed by atoms with Gasteiger partial charge in [0, 0.05) is 10.2 Å². The molecule has 0 aliphatic heterocycles. The Morgan fingerprint density at radius 3 is 2.67 bits per heavy atom. The Bertz CT molecular complexity index is 750. The normalized spacial score (nSPS) is 10.8. The summed E-state index contributed by atoms with van der Waals surface area (Å²) in [4.78, 5) is 12.0. The van der Waals surface area contributed by atoms with Gasteiger partial charge in [0.05, 0.1) is 0 Å². The van der Waals surface area contributed by atoms with Crippen LogP contribution in [0.4, 0.5) is 10.1 Å². The molecular formula is C16H10BrFN2O. The van der Waals surface area contributed by atoms with Crippen LogP contribution in [0.15, 0.2) is 58.6 Å². The van der Waals surface area contributed by atoms with Crippen LogP contribution in [-0.2, 0) is 4.79 Å². The van der Waals surface area contributed by atoms with E-state index in [4.69, 9.17) is 5.26 Å². The van der Waals surface area contributed by atoms with Crippen molar-refractivity contribution in [1.29, 1.82) is 5.26 Å². The number of amides is 1. The molecule has 0 spiro atoms. The van der Waals surface area contributed by atoms with Crippen LogP contribution in [0.25, 0.3) is 6.08 Å². The van der Waals surface area contributed by atoms with Gasteiger partial charge in [0.25, 0.3) is 5.91 Å². The molecule has 1 amide bonds. The number of halogens is 2. The van der Waals surface area contributed by atoms with Gasteiger partial charge < -0.3 is 5.32 Å². The van der Waals surface area contributed by atoms with Crippen molar-refractivity contribution >= 4 is 33.6 Å². The average Bonchev–Trinajstić information content (AvgIpc) is 2.44. The quantitative estimate of drug-likeness (QED) is 0.672. The van der Waals surface area contributed by atoms with Gasteiger partial charge in [-0.2, -0.15) is 5.26 Å². The Labute approximate surface area is 129 Å². The number of hydrogen-bond donors (Lipinski definition) is 1. The average molecular weight is 345 g/mol. The number of anilines is 1. The van der Waals surface area contributed by atoms with Crippen LogP contribution in [-0.4, -0.2) is 5.91 Å². The van der Waals surface area contributed by atoms with Crippen molar-refractivity contribution in [3.05, 3.63) is 70.0 Å². The predicted molar refractivity (Wildman–Crippen MR) is 82.8 cm³/mol. The number of carbonyl (C=O) groups excluding carboxylic acids is 1. The fraction of sp³-hybridized carbons (Fsp3) is 0. The highest BCUT2D eigenvalue weighted by atomic mass is 79.9. The highest BCUT2D eigenvalue weighted by molar-refractivity contribution is 9.10. The van der Waals surface area contributed by atoms with E-state index in [0.717, 1.165) is 4.47 Å². The summed E-state index contributed by atoms with van der Waals surface area (Å²) in [5.41, 5.74) is 0.922. The molecule has 0 bridgehead atoms. The first-order valence-corrected chi connectivity index (χ1v) is 6.82. The summed E-state index contributed by atoms with van der Waals surface area (Å²) in [5.74, 6) is -0.965. The van der Waals surface area contributed by atoms with Gasteiger partial charge in [-0.3, -0.25) is 4.79 Å². The van der Waals surface area contributed by atoms with Gasteiger partial charge in [-0.25, -0.2) is 4.39 Å². The Morgan fingerprint density at radius 1 is 1.24 bits per heavy atom. The van der Waals surface area contributed by atoms with Crippen LogP contribution < -0.4 is 5.32 Å². The topological polar surface area (TPSA) is 52.9 Å². The Morgan fingerprint density at radius 2 is 2.00 bits per heavy atom. The van der Waals surface area contributed by atoms with Gasteiger partial charge in [-0.05, 0) is 42.0 Å². The number of nitriles is 1. The van der Waals surface area contributed by atoms with Crippen LogP contribution >= 0.6 is 15.9 Å². The lowest BCUT2D eigenvalue weighted by Gasteiger charge is -2.04. The first-order chi connectivity index (χ1) is 10.1. The van der Waals surface area contributed by atoms with Crippen molar-refractivity contribution in [3.8, 4) is 6.07 Å². The van der Waals surface area contributed by atoms with Crippen LogP contribution in [0.5, 0.6) is 0 Å². The van der Waals surface area contributed by atoms with E-state index in [0.29, 0.717) is 11.3 Å². The van der Waals surface area contributed by atoms with E-state index in [1.54, 1.807) is 24.3 Å². The second-order valence-corrected chi connectivity index (χ2v) is 5.10. The maximum Gasteiger partial charge on any atom is 0.266 e. The van der Waals surface area contributed by atoms with Gasteiger partial charge in [0.2, 0.25) is 0 Å². The first kappa shape index (κ1) is 14.9. The third-order valence-corrected chi connectivity index (χ3v) is 3.10. The lowest BCUT2D eigenvalue weighted by atomic mass is 10.1. The number of carbonyl (C=O) groups is 1. The second kappa shape index (κ2) is 6.82. The molecule has 0 radical (unpaired) electrons. The largest absolute Gasteiger partial charge is 0.321 e. The number of benzene rings is 2. The van der Waals surface area contributed by atoms with Gasteiger partial charge in [0.1, 0.15) is 17.5 Å². The molecule has 0 fully saturated rings. The van der Waals surface area contributed by atoms with Gasteiger partial charge in [0.15, 0.2) is 0 Å². The Balaban J connectivity index is 2.21. The van der Waals surface area contributed by atoms with E-state index < -0.39 is 11.7 Å². The third-order valence-electron chi connectivity index (χ3n) is 2.61. The van der Waals surface area contributed by atoms with Gasteiger partial charge in [-0.15, -0.1) is 0 Å². The summed E-state index contributed by atoms with van der Waals surface area (Å²) < 4.78 is 13.9. The maximum atomic E-state index is 13.1. The van der Waals surface area contributed by atoms with E-state index >= 15 is 0 Å². The van der Waals surface area contributed by atoms with Crippen LogP contribution in [0.2, 0.25) is 0 Å². The van der Waals surface area contributed by atoms with Crippen molar-refractivity contribution in [2.75, 3.05) is 5.32 Å². The molecule has 0 unspecified atom stereocenters. The molecule has 1 N–H and O–H groups in total. The zero-order chi connectivity index (χ0) is 15.2. The van der Waals surface area contributed by atoms with E-state index in [1.807, 2.05) is 12.1 Å². The summed E-state index contributed by atoms with van der Waals surface area (Å²) in [7, 11) is 0. The molecule has 0 atom stereocenters. The molecule has 2 aromatic carbocycles. The molecule has 0 saturated carbocycles. The number of rotatable bonds is 3. The van der Waals surface area contributed by atoms with Crippen molar-refractivity contribution in [3.63, 3.8) is 0 Å². The smallest absolute Gasteiger partial charge is 0.266 e. The number of hydrogen-bond acceptors (Lipinski definition) is 2. The molecule has 21 heavy (non-hydrogen) atoms. The van der Waals surface area contributed by atoms with Crippen LogP contribution in [0, 0.1) is 17.1 Å². The minimum atomic E-state index is -0.542. The molecular weight excluding hydrogens is 335 g/mol. The number of nitrogens with one attached hydrogen (secondary N) is 1. The Kier molecular flexibility index (Phi) is 4.85. The zero-order valence-electron chi connectivity index (χ0n) is 10.8. The monoisotopic (exact) mass is 344 g/mol. The molecule has 0 aromatic heterocycles. The van der Waals surface area contributed by atoms with Crippen LogP contribution in [0.1, 0.15) is 5.56 Å². The minimum Gasteiger partial charge on any atom is -0.321 e. The summed E-state index contributed by atoms with van der Waals surface area (Å²) in [6, 6.07) is 14.5. The molecule has 0 aliphatic carbocycles. The van der Waals surface area contributed by atoms with Crippen molar-refractivity contribution in [1.82, 2.24) is 0 Å². The maximum absolute atomic E-state index is 13.1. The fourth-order valence-electron chi connectivity index (χ4n) is 1.68. The second-order valence-electron chi connectivity index (χ2n) is 4.19. The summed E-state index contributed by atoms with van der Waals surface area (Å²) in [6.45, 7) is 0. The summed E-state index contributed by atoms with van der Waals surface area (Å²) in [6.07, 6.45) is 1.34. The fourth-order valence-corrected chi connectivity index (χ4v) is 2.08. The summed E-state index contributed by atoms with van der Waals surface area (Å²) >= 11 is 3.30. The van der Waals surface area contributed by atoms with E-state index in [1.165, 1.54) is 24.3 Å². The molecule has 3 nitrogen and oxygen atoms in total. The Hall–Kier alpha value is -2.45. The number of nitrogens with zero attached hydrogens (tertiary/aromatic N) is 1. The van der Waals surface area contributed by atoms with Crippen molar-refractivity contribution in [2.24, 2.45) is 0 Å². The van der Waals surface area contributed by atoms with Gasteiger partial charge in [-0.1, -0.05) is 34.1 Å². The molecule has 2 rings (SSSR count).